The predicted octanol–water partition coefficient (Wildman–Crippen LogP) is 4.89. The molecule has 134 valence electrons. The summed E-state index contributed by atoms with van der Waals surface area (Å²) >= 11 is 0. The van der Waals surface area contributed by atoms with Crippen LogP contribution in [-0.4, -0.2) is 12.0 Å². The summed E-state index contributed by atoms with van der Waals surface area (Å²) in [4.78, 5) is 12.7. The first kappa shape index (κ1) is 19.0. The second-order valence-corrected chi connectivity index (χ2v) is 6.57. The Morgan fingerprint density at radius 1 is 1.08 bits per heavy atom. The molecule has 0 spiro atoms. The molecule has 0 aromatic heterocycles. The summed E-state index contributed by atoms with van der Waals surface area (Å²) in [5.74, 6) is 0.458. The van der Waals surface area contributed by atoms with Crippen molar-refractivity contribution in [3.63, 3.8) is 0 Å². The number of benzene rings is 2. The van der Waals surface area contributed by atoms with Gasteiger partial charge in [0.15, 0.2) is 6.10 Å². The van der Waals surface area contributed by atoms with Gasteiger partial charge in [0.1, 0.15) is 11.6 Å². The third-order valence-electron chi connectivity index (χ3n) is 3.98. The van der Waals surface area contributed by atoms with Crippen LogP contribution in [-0.2, 0) is 4.79 Å². The lowest BCUT2D eigenvalue weighted by Crippen LogP contribution is -2.40. The van der Waals surface area contributed by atoms with Crippen molar-refractivity contribution in [2.24, 2.45) is 5.92 Å². The molecule has 2 rings (SSSR count). The van der Waals surface area contributed by atoms with Gasteiger partial charge in [-0.25, -0.2) is 4.39 Å². The summed E-state index contributed by atoms with van der Waals surface area (Å²) in [5.41, 5.74) is 1.08. The predicted molar refractivity (Wildman–Crippen MR) is 97.9 cm³/mol. The Morgan fingerprint density at radius 3 is 2.28 bits per heavy atom. The van der Waals surface area contributed by atoms with E-state index in [2.05, 4.69) is 19.2 Å². The van der Waals surface area contributed by atoms with Gasteiger partial charge in [0.05, 0.1) is 6.04 Å². The van der Waals surface area contributed by atoms with E-state index < -0.39 is 6.10 Å². The molecule has 2 aromatic carbocycles. The van der Waals surface area contributed by atoms with Gasteiger partial charge in [-0.2, -0.15) is 0 Å². The van der Waals surface area contributed by atoms with E-state index in [1.54, 1.807) is 0 Å². The molecule has 1 N–H and O–H groups in total. The number of rotatable bonds is 8. The van der Waals surface area contributed by atoms with Crippen LogP contribution in [0.1, 0.15) is 45.2 Å². The quantitative estimate of drug-likeness (QED) is 0.741. The first-order chi connectivity index (χ1) is 12.0. The fourth-order valence-electron chi connectivity index (χ4n) is 2.70. The second-order valence-electron chi connectivity index (χ2n) is 6.57. The molecule has 2 unspecified atom stereocenters. The van der Waals surface area contributed by atoms with Gasteiger partial charge in [-0.05, 0) is 48.6 Å². The van der Waals surface area contributed by atoms with E-state index in [1.165, 1.54) is 24.3 Å². The highest BCUT2D eigenvalue weighted by atomic mass is 19.1. The number of nitrogens with one attached hydrogen (secondary N) is 1. The highest BCUT2D eigenvalue weighted by Gasteiger charge is 2.23. The standard InChI is InChI=1S/C21H26FNO2/c1-4-20(25-18-12-10-17(22)11-13-18)21(24)23-19(14-15(2)3)16-8-6-5-7-9-16/h5-13,15,19-20H,4,14H2,1-3H3,(H,23,24). The molecule has 0 aliphatic rings. The number of halogens is 1. The van der Waals surface area contributed by atoms with Crippen molar-refractivity contribution in [3.8, 4) is 5.75 Å². The number of carbonyl (C=O) groups is 1. The van der Waals surface area contributed by atoms with Crippen LogP contribution < -0.4 is 10.1 Å². The minimum atomic E-state index is -0.608. The molecule has 0 radical (unpaired) electrons. The summed E-state index contributed by atoms with van der Waals surface area (Å²) in [6.07, 6.45) is 0.777. The fraction of sp³-hybridized carbons (Fsp3) is 0.381. The van der Waals surface area contributed by atoms with E-state index in [4.69, 9.17) is 4.74 Å². The zero-order chi connectivity index (χ0) is 18.2. The summed E-state index contributed by atoms with van der Waals surface area (Å²) in [7, 11) is 0. The van der Waals surface area contributed by atoms with Crippen LogP contribution in [0.15, 0.2) is 54.6 Å². The Morgan fingerprint density at radius 2 is 1.72 bits per heavy atom. The van der Waals surface area contributed by atoms with E-state index in [-0.39, 0.29) is 17.8 Å². The molecule has 2 atom stereocenters. The lowest BCUT2D eigenvalue weighted by molar-refractivity contribution is -0.129. The van der Waals surface area contributed by atoms with Crippen LogP contribution >= 0.6 is 0 Å². The fourth-order valence-corrected chi connectivity index (χ4v) is 2.70. The van der Waals surface area contributed by atoms with E-state index in [1.807, 2.05) is 37.3 Å². The van der Waals surface area contributed by atoms with Gasteiger partial charge >= 0.3 is 0 Å². The van der Waals surface area contributed by atoms with Crippen LogP contribution in [0.2, 0.25) is 0 Å². The lowest BCUT2D eigenvalue weighted by Gasteiger charge is -2.24. The second kappa shape index (κ2) is 9.21. The Bertz CT molecular complexity index is 655. The van der Waals surface area contributed by atoms with E-state index >= 15 is 0 Å². The van der Waals surface area contributed by atoms with Crippen molar-refractivity contribution in [1.29, 1.82) is 0 Å². The van der Waals surface area contributed by atoms with Crippen molar-refractivity contribution in [2.45, 2.75) is 45.8 Å². The molecule has 0 heterocycles. The largest absolute Gasteiger partial charge is 0.481 e. The summed E-state index contributed by atoms with van der Waals surface area (Å²) in [6.45, 7) is 6.16. The van der Waals surface area contributed by atoms with Crippen molar-refractivity contribution in [3.05, 3.63) is 66.0 Å². The van der Waals surface area contributed by atoms with Crippen molar-refractivity contribution >= 4 is 5.91 Å². The summed E-state index contributed by atoms with van der Waals surface area (Å²) in [5, 5.41) is 3.11. The van der Waals surface area contributed by atoms with Crippen molar-refractivity contribution in [1.82, 2.24) is 5.32 Å². The van der Waals surface area contributed by atoms with Crippen LogP contribution in [0.5, 0.6) is 5.75 Å². The molecule has 0 fully saturated rings. The number of hydrogen-bond donors (Lipinski definition) is 1. The maximum atomic E-state index is 13.0. The average Bonchev–Trinajstić information content (AvgIpc) is 2.61. The van der Waals surface area contributed by atoms with Gasteiger partial charge in [0.25, 0.3) is 5.91 Å². The number of amides is 1. The number of carbonyl (C=O) groups excluding carboxylic acids is 1. The van der Waals surface area contributed by atoms with E-state index in [0.29, 0.717) is 18.1 Å². The molecular formula is C21H26FNO2. The van der Waals surface area contributed by atoms with Crippen LogP contribution in [0.25, 0.3) is 0 Å². The van der Waals surface area contributed by atoms with Gasteiger partial charge in [-0.15, -0.1) is 0 Å². The van der Waals surface area contributed by atoms with E-state index in [9.17, 15) is 9.18 Å². The first-order valence-corrected chi connectivity index (χ1v) is 8.77. The summed E-state index contributed by atoms with van der Waals surface area (Å²) in [6, 6.07) is 15.6. The molecule has 25 heavy (non-hydrogen) atoms. The van der Waals surface area contributed by atoms with Gasteiger partial charge < -0.3 is 10.1 Å². The molecule has 0 aliphatic carbocycles. The van der Waals surface area contributed by atoms with Crippen molar-refractivity contribution < 1.29 is 13.9 Å². The number of hydrogen-bond acceptors (Lipinski definition) is 2. The van der Waals surface area contributed by atoms with Gasteiger partial charge in [0.2, 0.25) is 0 Å². The SMILES string of the molecule is CCC(Oc1ccc(F)cc1)C(=O)NC(CC(C)C)c1ccccc1. The molecule has 1 amide bonds. The maximum Gasteiger partial charge on any atom is 0.261 e. The molecular weight excluding hydrogens is 317 g/mol. The van der Waals surface area contributed by atoms with E-state index in [0.717, 1.165) is 12.0 Å². The van der Waals surface area contributed by atoms with Crippen molar-refractivity contribution in [2.75, 3.05) is 0 Å². The van der Waals surface area contributed by atoms with Crippen LogP contribution in [0.3, 0.4) is 0 Å². The Kier molecular flexibility index (Phi) is 6.99. The normalized spacial score (nSPS) is 13.3. The molecule has 0 aliphatic heterocycles. The minimum absolute atomic E-state index is 0.0560. The molecule has 2 aromatic rings. The van der Waals surface area contributed by atoms with Gasteiger partial charge in [-0.3, -0.25) is 4.79 Å². The molecule has 0 bridgehead atoms. The average molecular weight is 343 g/mol. The Balaban J connectivity index is 2.08. The van der Waals surface area contributed by atoms with Crippen LogP contribution in [0.4, 0.5) is 4.39 Å². The highest BCUT2D eigenvalue weighted by molar-refractivity contribution is 5.81. The zero-order valence-electron chi connectivity index (χ0n) is 15.0. The zero-order valence-corrected chi connectivity index (χ0v) is 15.0. The topological polar surface area (TPSA) is 38.3 Å². The highest BCUT2D eigenvalue weighted by Crippen LogP contribution is 2.22. The molecule has 0 saturated carbocycles. The Hall–Kier alpha value is -2.36. The van der Waals surface area contributed by atoms with Crippen LogP contribution in [0, 0.1) is 11.7 Å². The molecule has 3 nitrogen and oxygen atoms in total. The third-order valence-corrected chi connectivity index (χ3v) is 3.98. The number of ether oxygens (including phenoxy) is 1. The summed E-state index contributed by atoms with van der Waals surface area (Å²) < 4.78 is 18.8. The minimum Gasteiger partial charge on any atom is -0.481 e. The van der Waals surface area contributed by atoms with Gasteiger partial charge in [-0.1, -0.05) is 51.1 Å². The molecule has 0 saturated heterocycles. The maximum absolute atomic E-state index is 13.0. The smallest absolute Gasteiger partial charge is 0.261 e. The molecule has 4 heteroatoms. The Labute approximate surface area is 149 Å². The van der Waals surface area contributed by atoms with Gasteiger partial charge in [0, 0.05) is 0 Å². The monoisotopic (exact) mass is 343 g/mol. The first-order valence-electron chi connectivity index (χ1n) is 8.77. The third kappa shape index (κ3) is 5.89. The lowest BCUT2D eigenvalue weighted by atomic mass is 9.96.